The minimum absolute atomic E-state index is 0.535. The van der Waals surface area contributed by atoms with E-state index in [9.17, 15) is 0 Å². The summed E-state index contributed by atoms with van der Waals surface area (Å²) in [6.07, 6.45) is 0. The second-order valence-corrected chi connectivity index (χ2v) is 6.97. The molecule has 0 aliphatic carbocycles. The van der Waals surface area contributed by atoms with Gasteiger partial charge in [-0.1, -0.05) is 26.0 Å². The van der Waals surface area contributed by atoms with Gasteiger partial charge in [0.15, 0.2) is 0 Å². The van der Waals surface area contributed by atoms with Gasteiger partial charge < -0.3 is 15.4 Å². The maximum absolute atomic E-state index is 5.38. The lowest BCUT2D eigenvalue weighted by Crippen LogP contribution is -2.39. The Bertz CT molecular complexity index is 696. The number of morpholine rings is 1. The van der Waals surface area contributed by atoms with Crippen molar-refractivity contribution in [2.75, 3.05) is 50.0 Å². The first-order chi connectivity index (χ1) is 12.6. The lowest BCUT2D eigenvalue weighted by molar-refractivity contribution is 0.0398. The van der Waals surface area contributed by atoms with Crippen molar-refractivity contribution >= 4 is 17.3 Å². The fourth-order valence-corrected chi connectivity index (χ4v) is 2.99. The van der Waals surface area contributed by atoms with Crippen LogP contribution >= 0.6 is 0 Å². The van der Waals surface area contributed by atoms with Crippen LogP contribution in [0.2, 0.25) is 0 Å². The van der Waals surface area contributed by atoms with Gasteiger partial charge in [0.25, 0.3) is 0 Å². The molecule has 0 unspecified atom stereocenters. The quantitative estimate of drug-likeness (QED) is 0.794. The van der Waals surface area contributed by atoms with E-state index in [-0.39, 0.29) is 0 Å². The molecular weight excluding hydrogens is 326 g/mol. The number of nitrogens with zero attached hydrogens (tertiary/aromatic N) is 3. The van der Waals surface area contributed by atoms with Gasteiger partial charge in [0.2, 0.25) is 0 Å². The number of aromatic nitrogens is 2. The number of ether oxygens (including phenoxy) is 1. The standard InChI is InChI=1S/C20H29N5O/c1-15(2)17-4-6-18(7-5-17)24-20-14-19(22-16(3)23-20)21-8-9-25-10-12-26-13-11-25/h4-7,14-15H,8-13H2,1-3H3,(H2,21,22,23,24). The predicted octanol–water partition coefficient (Wildman–Crippen LogP) is 3.40. The fraction of sp³-hybridized carbons (Fsp3) is 0.500. The fourth-order valence-electron chi connectivity index (χ4n) is 2.99. The van der Waals surface area contributed by atoms with Gasteiger partial charge in [-0.15, -0.1) is 0 Å². The molecule has 1 aromatic carbocycles. The first kappa shape index (κ1) is 18.6. The molecule has 1 aliphatic rings. The zero-order valence-electron chi connectivity index (χ0n) is 16.0. The van der Waals surface area contributed by atoms with E-state index in [1.165, 1.54) is 5.56 Å². The van der Waals surface area contributed by atoms with Gasteiger partial charge in [-0.05, 0) is 30.5 Å². The summed E-state index contributed by atoms with van der Waals surface area (Å²) in [5.74, 6) is 2.95. The molecule has 1 fully saturated rings. The molecule has 6 heteroatoms. The van der Waals surface area contributed by atoms with Gasteiger partial charge in [0.1, 0.15) is 17.5 Å². The molecule has 140 valence electrons. The topological polar surface area (TPSA) is 62.3 Å². The molecule has 1 aromatic heterocycles. The van der Waals surface area contributed by atoms with Gasteiger partial charge in [-0.25, -0.2) is 9.97 Å². The Morgan fingerprint density at radius 3 is 2.46 bits per heavy atom. The lowest BCUT2D eigenvalue weighted by atomic mass is 10.0. The van der Waals surface area contributed by atoms with E-state index in [0.29, 0.717) is 5.92 Å². The van der Waals surface area contributed by atoms with Crippen LogP contribution in [0.25, 0.3) is 0 Å². The molecule has 0 bridgehead atoms. The van der Waals surface area contributed by atoms with Gasteiger partial charge in [-0.2, -0.15) is 0 Å². The molecule has 3 rings (SSSR count). The number of hydrogen-bond acceptors (Lipinski definition) is 6. The molecular formula is C20H29N5O. The van der Waals surface area contributed by atoms with Gasteiger partial charge >= 0.3 is 0 Å². The van der Waals surface area contributed by atoms with Crippen molar-refractivity contribution in [2.24, 2.45) is 0 Å². The van der Waals surface area contributed by atoms with Crippen LogP contribution in [0.3, 0.4) is 0 Å². The normalized spacial score (nSPS) is 15.2. The summed E-state index contributed by atoms with van der Waals surface area (Å²) in [5, 5.41) is 6.78. The summed E-state index contributed by atoms with van der Waals surface area (Å²) >= 11 is 0. The van der Waals surface area contributed by atoms with E-state index in [2.05, 4.69) is 63.6 Å². The molecule has 2 aromatic rings. The summed E-state index contributed by atoms with van der Waals surface area (Å²) in [4.78, 5) is 11.4. The monoisotopic (exact) mass is 355 g/mol. The third kappa shape index (κ3) is 5.41. The molecule has 6 nitrogen and oxygen atoms in total. The van der Waals surface area contributed by atoms with Crippen LogP contribution in [-0.4, -0.2) is 54.3 Å². The average Bonchev–Trinajstić information content (AvgIpc) is 2.62. The third-order valence-electron chi connectivity index (χ3n) is 4.53. The van der Waals surface area contributed by atoms with E-state index in [1.54, 1.807) is 0 Å². The van der Waals surface area contributed by atoms with Crippen LogP contribution in [0.4, 0.5) is 17.3 Å². The number of hydrogen-bond donors (Lipinski definition) is 2. The Labute approximate surface area is 156 Å². The van der Waals surface area contributed by atoms with Crippen molar-refractivity contribution < 1.29 is 4.74 Å². The number of aryl methyl sites for hydroxylation is 1. The molecule has 0 spiro atoms. The van der Waals surface area contributed by atoms with Crippen molar-refractivity contribution in [1.29, 1.82) is 0 Å². The van der Waals surface area contributed by atoms with E-state index < -0.39 is 0 Å². The van der Waals surface area contributed by atoms with Crippen LogP contribution < -0.4 is 10.6 Å². The average molecular weight is 355 g/mol. The maximum Gasteiger partial charge on any atom is 0.136 e. The number of benzene rings is 1. The van der Waals surface area contributed by atoms with Crippen molar-refractivity contribution in [1.82, 2.24) is 14.9 Å². The highest BCUT2D eigenvalue weighted by molar-refractivity contribution is 5.59. The summed E-state index contributed by atoms with van der Waals surface area (Å²) in [5.41, 5.74) is 2.37. The molecule has 26 heavy (non-hydrogen) atoms. The second kappa shape index (κ2) is 8.96. The van der Waals surface area contributed by atoms with Gasteiger partial charge in [-0.3, -0.25) is 4.90 Å². The lowest BCUT2D eigenvalue weighted by Gasteiger charge is -2.26. The summed E-state index contributed by atoms with van der Waals surface area (Å²) in [7, 11) is 0. The Hall–Kier alpha value is -2.18. The smallest absolute Gasteiger partial charge is 0.136 e. The molecule has 2 N–H and O–H groups in total. The Kier molecular flexibility index (Phi) is 6.41. The molecule has 1 aliphatic heterocycles. The van der Waals surface area contributed by atoms with Crippen LogP contribution in [0.5, 0.6) is 0 Å². The molecule has 0 radical (unpaired) electrons. The molecule has 1 saturated heterocycles. The number of nitrogens with one attached hydrogen (secondary N) is 2. The van der Waals surface area contributed by atoms with Crippen LogP contribution in [-0.2, 0) is 4.74 Å². The largest absolute Gasteiger partial charge is 0.379 e. The zero-order chi connectivity index (χ0) is 18.4. The van der Waals surface area contributed by atoms with E-state index in [0.717, 1.165) is 62.5 Å². The van der Waals surface area contributed by atoms with E-state index in [1.807, 2.05) is 13.0 Å². The maximum atomic E-state index is 5.38. The number of rotatable bonds is 7. The molecule has 0 saturated carbocycles. The zero-order valence-corrected chi connectivity index (χ0v) is 16.0. The minimum Gasteiger partial charge on any atom is -0.379 e. The van der Waals surface area contributed by atoms with E-state index >= 15 is 0 Å². The summed E-state index contributed by atoms with van der Waals surface area (Å²) in [6, 6.07) is 10.5. The third-order valence-corrected chi connectivity index (χ3v) is 4.53. The van der Waals surface area contributed by atoms with Crippen molar-refractivity contribution in [3.8, 4) is 0 Å². The second-order valence-electron chi connectivity index (χ2n) is 6.97. The van der Waals surface area contributed by atoms with Gasteiger partial charge in [0.05, 0.1) is 13.2 Å². The van der Waals surface area contributed by atoms with Crippen molar-refractivity contribution in [2.45, 2.75) is 26.7 Å². The van der Waals surface area contributed by atoms with Crippen molar-refractivity contribution in [3.63, 3.8) is 0 Å². The van der Waals surface area contributed by atoms with Crippen LogP contribution in [0, 0.1) is 6.92 Å². The van der Waals surface area contributed by atoms with E-state index in [4.69, 9.17) is 4.74 Å². The Morgan fingerprint density at radius 2 is 1.77 bits per heavy atom. The summed E-state index contributed by atoms with van der Waals surface area (Å²) in [6.45, 7) is 11.8. The molecule has 0 atom stereocenters. The minimum atomic E-state index is 0.535. The van der Waals surface area contributed by atoms with Crippen molar-refractivity contribution in [3.05, 3.63) is 41.7 Å². The van der Waals surface area contributed by atoms with Gasteiger partial charge in [0, 0.05) is 37.9 Å². The Morgan fingerprint density at radius 1 is 1.08 bits per heavy atom. The molecule has 0 amide bonds. The first-order valence-electron chi connectivity index (χ1n) is 9.37. The molecule has 2 heterocycles. The highest BCUT2D eigenvalue weighted by Gasteiger charge is 2.10. The first-order valence-corrected chi connectivity index (χ1v) is 9.37. The summed E-state index contributed by atoms with van der Waals surface area (Å²) < 4.78 is 5.38. The number of anilines is 3. The van der Waals surface area contributed by atoms with Crippen LogP contribution in [0.1, 0.15) is 31.2 Å². The highest BCUT2D eigenvalue weighted by atomic mass is 16.5. The van der Waals surface area contributed by atoms with Crippen LogP contribution in [0.15, 0.2) is 30.3 Å². The Balaban J connectivity index is 1.57. The SMILES string of the molecule is Cc1nc(NCCN2CCOCC2)cc(Nc2ccc(C(C)C)cc2)n1. The predicted molar refractivity (Wildman–Crippen MR) is 106 cm³/mol. The highest BCUT2D eigenvalue weighted by Crippen LogP contribution is 2.21.